The molecule has 4 rings (SSSR count). The van der Waals surface area contributed by atoms with Crippen LogP contribution in [0.3, 0.4) is 0 Å². The number of aryl methyl sites for hydroxylation is 1. The summed E-state index contributed by atoms with van der Waals surface area (Å²) >= 11 is 1.57. The Morgan fingerprint density at radius 3 is 2.58 bits per heavy atom. The first-order valence-corrected chi connectivity index (χ1v) is 11.6. The van der Waals surface area contributed by atoms with E-state index in [-0.39, 0.29) is 11.7 Å². The molecular formula is C27H24FNO3S. The third-order valence-corrected chi connectivity index (χ3v) is 6.34. The molecule has 6 heteroatoms. The molecule has 1 aromatic heterocycles. The van der Waals surface area contributed by atoms with Crippen molar-refractivity contribution in [2.75, 3.05) is 18.7 Å². The Morgan fingerprint density at radius 1 is 1.15 bits per heavy atom. The molecule has 4 nitrogen and oxygen atoms in total. The molecule has 168 valence electrons. The zero-order valence-electron chi connectivity index (χ0n) is 18.9. The molecule has 0 spiro atoms. The van der Waals surface area contributed by atoms with E-state index in [0.717, 1.165) is 43.8 Å². The predicted octanol–water partition coefficient (Wildman–Crippen LogP) is 7.32. The average molecular weight is 462 g/mol. The van der Waals surface area contributed by atoms with Gasteiger partial charge in [0.15, 0.2) is 0 Å². The highest BCUT2D eigenvalue weighted by molar-refractivity contribution is 7.98. The van der Waals surface area contributed by atoms with Crippen LogP contribution in [0.5, 0.6) is 5.75 Å². The second kappa shape index (κ2) is 9.55. The normalized spacial score (nSPS) is 11.6. The zero-order chi connectivity index (χ0) is 23.5. The number of ether oxygens (including phenoxy) is 1. The number of hydrogen-bond donors (Lipinski definition) is 1. The van der Waals surface area contributed by atoms with Crippen LogP contribution in [0.15, 0.2) is 76.2 Å². The maximum Gasteiger partial charge on any atom is 0.248 e. The first-order chi connectivity index (χ1) is 15.9. The van der Waals surface area contributed by atoms with Crippen LogP contribution in [0.1, 0.15) is 18.1 Å². The van der Waals surface area contributed by atoms with Crippen molar-refractivity contribution in [3.05, 3.63) is 83.9 Å². The van der Waals surface area contributed by atoms with E-state index in [2.05, 4.69) is 5.32 Å². The number of methoxy groups -OCH3 is 1. The van der Waals surface area contributed by atoms with Gasteiger partial charge >= 0.3 is 0 Å². The average Bonchev–Trinajstić information content (AvgIpc) is 3.24. The van der Waals surface area contributed by atoms with Gasteiger partial charge in [0.25, 0.3) is 0 Å². The van der Waals surface area contributed by atoms with E-state index in [1.807, 2.05) is 50.4 Å². The molecule has 0 saturated heterocycles. The molecule has 0 unspecified atom stereocenters. The Bertz CT molecular complexity index is 1360. The predicted molar refractivity (Wildman–Crippen MR) is 133 cm³/mol. The van der Waals surface area contributed by atoms with E-state index in [1.165, 1.54) is 12.1 Å². The summed E-state index contributed by atoms with van der Waals surface area (Å²) in [4.78, 5) is 13.8. The number of thioether (sulfide) groups is 1. The maximum absolute atomic E-state index is 13.4. The molecule has 3 aromatic carbocycles. The first-order valence-electron chi connectivity index (χ1n) is 10.4. The molecule has 0 saturated carbocycles. The summed E-state index contributed by atoms with van der Waals surface area (Å²) < 4.78 is 25.0. The summed E-state index contributed by atoms with van der Waals surface area (Å²) in [6.45, 7) is 3.80. The lowest BCUT2D eigenvalue weighted by Crippen LogP contribution is -2.09. The van der Waals surface area contributed by atoms with Crippen LogP contribution >= 0.6 is 11.8 Å². The van der Waals surface area contributed by atoms with Crippen molar-refractivity contribution in [1.82, 2.24) is 0 Å². The van der Waals surface area contributed by atoms with Crippen molar-refractivity contribution in [2.45, 2.75) is 18.7 Å². The monoisotopic (exact) mass is 461 g/mol. The lowest BCUT2D eigenvalue weighted by atomic mass is 9.96. The second-order valence-corrected chi connectivity index (χ2v) is 8.48. The summed E-state index contributed by atoms with van der Waals surface area (Å²) in [6, 6.07) is 15.9. The van der Waals surface area contributed by atoms with E-state index in [0.29, 0.717) is 11.3 Å². The Kier molecular flexibility index (Phi) is 6.56. The van der Waals surface area contributed by atoms with Crippen LogP contribution in [-0.4, -0.2) is 19.3 Å². The molecule has 0 atom stereocenters. The lowest BCUT2D eigenvalue weighted by molar-refractivity contribution is -0.111. The van der Waals surface area contributed by atoms with Gasteiger partial charge < -0.3 is 14.5 Å². The summed E-state index contributed by atoms with van der Waals surface area (Å²) in [6.07, 6.45) is 5.20. The summed E-state index contributed by atoms with van der Waals surface area (Å²) in [5, 5.41) is 3.83. The fourth-order valence-corrected chi connectivity index (χ4v) is 4.47. The van der Waals surface area contributed by atoms with Crippen LogP contribution in [0.2, 0.25) is 0 Å². The molecule has 1 N–H and O–H groups in total. The number of anilines is 1. The third-order valence-electron chi connectivity index (χ3n) is 5.54. The minimum Gasteiger partial charge on any atom is -0.496 e. The molecule has 0 bridgehead atoms. The van der Waals surface area contributed by atoms with Gasteiger partial charge in [-0.05, 0) is 61.6 Å². The molecule has 4 aromatic rings. The zero-order valence-corrected chi connectivity index (χ0v) is 19.7. The lowest BCUT2D eigenvalue weighted by Gasteiger charge is -2.14. The van der Waals surface area contributed by atoms with E-state index in [1.54, 1.807) is 43.3 Å². The Labute approximate surface area is 196 Å². The number of carbonyl (C=O) groups is 1. The van der Waals surface area contributed by atoms with E-state index in [4.69, 9.17) is 9.15 Å². The van der Waals surface area contributed by atoms with E-state index in [9.17, 15) is 9.18 Å². The van der Waals surface area contributed by atoms with Crippen molar-refractivity contribution in [3.63, 3.8) is 0 Å². The number of carbonyl (C=O) groups excluding carboxylic acids is 1. The SMILES string of the molecule is COc1c(/C(C)=C/C(=O)Nc2ccccc2SC)cc2c(-c3ccc(F)cc3)coc2c1C. The molecule has 0 fully saturated rings. The van der Waals surface area contributed by atoms with E-state index < -0.39 is 0 Å². The Morgan fingerprint density at radius 2 is 1.88 bits per heavy atom. The molecule has 0 aliphatic rings. The van der Waals surface area contributed by atoms with Gasteiger partial charge in [-0.1, -0.05) is 24.3 Å². The van der Waals surface area contributed by atoms with E-state index >= 15 is 0 Å². The van der Waals surface area contributed by atoms with Crippen molar-refractivity contribution >= 4 is 39.9 Å². The van der Waals surface area contributed by atoms with Crippen molar-refractivity contribution in [3.8, 4) is 16.9 Å². The number of amides is 1. The number of halogens is 1. The van der Waals surface area contributed by atoms with Gasteiger partial charge in [0.2, 0.25) is 5.91 Å². The van der Waals surface area contributed by atoms with Gasteiger partial charge in [-0.15, -0.1) is 11.8 Å². The van der Waals surface area contributed by atoms with Gasteiger partial charge in [-0.25, -0.2) is 4.39 Å². The number of hydrogen-bond acceptors (Lipinski definition) is 4. The Balaban J connectivity index is 1.76. The number of rotatable bonds is 6. The molecule has 0 radical (unpaired) electrons. The summed E-state index contributed by atoms with van der Waals surface area (Å²) in [7, 11) is 1.60. The maximum atomic E-state index is 13.4. The summed E-state index contributed by atoms with van der Waals surface area (Å²) in [5.74, 6) is 0.131. The number of benzene rings is 3. The Hall–Kier alpha value is -3.51. The third kappa shape index (κ3) is 4.52. The van der Waals surface area contributed by atoms with Gasteiger partial charge in [-0.2, -0.15) is 0 Å². The van der Waals surface area contributed by atoms with Gasteiger partial charge in [0.1, 0.15) is 17.1 Å². The van der Waals surface area contributed by atoms with Crippen LogP contribution in [0, 0.1) is 12.7 Å². The molecule has 1 amide bonds. The van der Waals surface area contributed by atoms with Crippen LogP contribution in [0.25, 0.3) is 27.7 Å². The fraction of sp³-hybridized carbons (Fsp3) is 0.148. The first kappa shape index (κ1) is 22.7. The molecule has 0 aliphatic carbocycles. The smallest absolute Gasteiger partial charge is 0.248 e. The summed E-state index contributed by atoms with van der Waals surface area (Å²) in [5.41, 5.74) is 5.54. The van der Waals surface area contributed by atoms with Crippen molar-refractivity contribution in [2.24, 2.45) is 0 Å². The molecule has 1 heterocycles. The molecule has 33 heavy (non-hydrogen) atoms. The van der Waals surface area contributed by atoms with Crippen LogP contribution in [-0.2, 0) is 4.79 Å². The fourth-order valence-electron chi connectivity index (χ4n) is 3.92. The largest absolute Gasteiger partial charge is 0.496 e. The standard InChI is InChI=1S/C27H24FNO3S/c1-16(13-25(30)29-23-7-5-6-8-24(23)33-4)20-14-21-22(18-9-11-19(28)12-10-18)15-32-27(21)17(2)26(20)31-3/h5-15H,1-4H3,(H,29,30)/b16-13+. The number of fused-ring (bicyclic) bond motifs is 1. The van der Waals surface area contributed by atoms with Crippen LogP contribution in [0.4, 0.5) is 10.1 Å². The number of furan rings is 1. The van der Waals surface area contributed by atoms with Crippen LogP contribution < -0.4 is 10.1 Å². The topological polar surface area (TPSA) is 51.5 Å². The highest BCUT2D eigenvalue weighted by atomic mass is 32.2. The number of allylic oxidation sites excluding steroid dienone is 1. The minimum absolute atomic E-state index is 0.222. The van der Waals surface area contributed by atoms with Crippen molar-refractivity contribution in [1.29, 1.82) is 0 Å². The minimum atomic E-state index is -0.294. The number of nitrogens with one attached hydrogen (secondary N) is 1. The molecular weight excluding hydrogens is 437 g/mol. The number of para-hydroxylation sites is 1. The highest BCUT2D eigenvalue weighted by Gasteiger charge is 2.19. The second-order valence-electron chi connectivity index (χ2n) is 7.63. The van der Waals surface area contributed by atoms with Gasteiger partial charge in [0, 0.05) is 33.0 Å². The van der Waals surface area contributed by atoms with Crippen molar-refractivity contribution < 1.29 is 18.3 Å². The van der Waals surface area contributed by atoms with Gasteiger partial charge in [0.05, 0.1) is 19.1 Å². The highest BCUT2D eigenvalue weighted by Crippen LogP contribution is 2.40. The quantitative estimate of drug-likeness (QED) is 0.241. The molecule has 0 aliphatic heterocycles. The van der Waals surface area contributed by atoms with Gasteiger partial charge in [-0.3, -0.25) is 4.79 Å².